The third-order valence-corrected chi connectivity index (χ3v) is 4.64. The first kappa shape index (κ1) is 22.5. The predicted molar refractivity (Wildman–Crippen MR) is 114 cm³/mol. The summed E-state index contributed by atoms with van der Waals surface area (Å²) in [7, 11) is 1.66. The Hall–Kier alpha value is -2.79. The number of hydrogen-bond donors (Lipinski definition) is 0. The summed E-state index contributed by atoms with van der Waals surface area (Å²) in [6.45, 7) is 11.1. The van der Waals surface area contributed by atoms with Gasteiger partial charge < -0.3 is 18.9 Å². The highest BCUT2D eigenvalue weighted by Gasteiger charge is 2.23. The van der Waals surface area contributed by atoms with Gasteiger partial charge in [0.25, 0.3) is 0 Å². The molecule has 0 saturated heterocycles. The van der Waals surface area contributed by atoms with Crippen LogP contribution in [0.5, 0.6) is 11.5 Å². The fourth-order valence-electron chi connectivity index (χ4n) is 2.76. The second kappa shape index (κ2) is 10.7. The summed E-state index contributed by atoms with van der Waals surface area (Å²) < 4.78 is 21.3. The molecule has 2 aromatic rings. The van der Waals surface area contributed by atoms with Gasteiger partial charge in [-0.2, -0.15) is 0 Å². The molecule has 2 aromatic carbocycles. The smallest absolute Gasteiger partial charge is 0.333 e. The van der Waals surface area contributed by atoms with Crippen molar-refractivity contribution in [3.63, 3.8) is 0 Å². The minimum absolute atomic E-state index is 0.166. The van der Waals surface area contributed by atoms with Gasteiger partial charge in [0.2, 0.25) is 0 Å². The Morgan fingerprint density at radius 2 is 1.28 bits per heavy atom. The van der Waals surface area contributed by atoms with Crippen molar-refractivity contribution in [2.75, 3.05) is 33.5 Å². The van der Waals surface area contributed by atoms with Crippen LogP contribution in [0.15, 0.2) is 60.7 Å². The minimum Gasteiger partial charge on any atom is -0.491 e. The van der Waals surface area contributed by atoms with Gasteiger partial charge in [-0.3, -0.25) is 0 Å². The molecule has 0 aliphatic carbocycles. The van der Waals surface area contributed by atoms with E-state index in [0.717, 1.165) is 11.5 Å². The van der Waals surface area contributed by atoms with Crippen LogP contribution in [0.25, 0.3) is 0 Å². The molecule has 0 radical (unpaired) electrons. The van der Waals surface area contributed by atoms with Gasteiger partial charge in [-0.15, -0.1) is 0 Å². The van der Waals surface area contributed by atoms with E-state index in [-0.39, 0.29) is 12.0 Å². The largest absolute Gasteiger partial charge is 0.491 e. The lowest BCUT2D eigenvalue weighted by Gasteiger charge is -2.26. The number of esters is 1. The highest BCUT2D eigenvalue weighted by Crippen LogP contribution is 2.33. The lowest BCUT2D eigenvalue weighted by atomic mass is 9.78. The Morgan fingerprint density at radius 1 is 0.828 bits per heavy atom. The van der Waals surface area contributed by atoms with Gasteiger partial charge in [0.05, 0.1) is 6.61 Å². The van der Waals surface area contributed by atoms with Crippen molar-refractivity contribution in [3.05, 3.63) is 71.8 Å². The van der Waals surface area contributed by atoms with Gasteiger partial charge in [0, 0.05) is 18.1 Å². The molecule has 0 aliphatic heterocycles. The van der Waals surface area contributed by atoms with Gasteiger partial charge in [0.1, 0.15) is 31.3 Å². The first-order valence-electron chi connectivity index (χ1n) is 9.63. The molecular formula is C24H30O5. The maximum atomic E-state index is 11.3. The molecule has 0 bridgehead atoms. The molecule has 0 spiro atoms. The van der Waals surface area contributed by atoms with E-state index in [1.54, 1.807) is 14.0 Å². The van der Waals surface area contributed by atoms with E-state index in [2.05, 4.69) is 44.7 Å². The van der Waals surface area contributed by atoms with E-state index < -0.39 is 5.97 Å². The Kier molecular flexibility index (Phi) is 8.28. The van der Waals surface area contributed by atoms with Crippen LogP contribution in [-0.4, -0.2) is 39.5 Å². The van der Waals surface area contributed by atoms with Gasteiger partial charge in [0.15, 0.2) is 0 Å². The summed E-state index contributed by atoms with van der Waals surface area (Å²) in [5.74, 6) is 1.16. The van der Waals surface area contributed by atoms with Crippen molar-refractivity contribution in [1.82, 2.24) is 0 Å². The molecule has 5 nitrogen and oxygen atoms in total. The van der Waals surface area contributed by atoms with Crippen LogP contribution >= 0.6 is 0 Å². The molecule has 0 aliphatic rings. The normalized spacial score (nSPS) is 11.0. The number of benzene rings is 2. The first-order valence-corrected chi connectivity index (χ1v) is 9.63. The van der Waals surface area contributed by atoms with Gasteiger partial charge in [-0.1, -0.05) is 44.7 Å². The Bertz CT molecular complexity index is 791. The summed E-state index contributed by atoms with van der Waals surface area (Å²) in [6.07, 6.45) is 0. The van der Waals surface area contributed by atoms with Crippen molar-refractivity contribution in [2.24, 2.45) is 0 Å². The van der Waals surface area contributed by atoms with E-state index in [4.69, 9.17) is 18.9 Å². The van der Waals surface area contributed by atoms with Gasteiger partial charge >= 0.3 is 5.97 Å². The lowest BCUT2D eigenvalue weighted by molar-refractivity contribution is -0.139. The average Bonchev–Trinajstić information content (AvgIpc) is 2.72. The molecule has 0 unspecified atom stereocenters. The number of rotatable bonds is 11. The third-order valence-electron chi connectivity index (χ3n) is 4.64. The molecule has 0 atom stereocenters. The van der Waals surface area contributed by atoms with Crippen LogP contribution in [0.3, 0.4) is 0 Å². The average molecular weight is 398 g/mol. The molecule has 0 fully saturated rings. The molecule has 5 heteroatoms. The summed E-state index contributed by atoms with van der Waals surface area (Å²) >= 11 is 0. The maximum Gasteiger partial charge on any atom is 0.333 e. The summed E-state index contributed by atoms with van der Waals surface area (Å²) in [5, 5.41) is 0. The van der Waals surface area contributed by atoms with Gasteiger partial charge in [-0.05, 0) is 42.3 Å². The van der Waals surface area contributed by atoms with Crippen LogP contribution in [0.4, 0.5) is 0 Å². The first-order chi connectivity index (χ1) is 13.8. The highest BCUT2D eigenvalue weighted by molar-refractivity contribution is 5.86. The summed E-state index contributed by atoms with van der Waals surface area (Å²) in [4.78, 5) is 11.3. The van der Waals surface area contributed by atoms with E-state index >= 15 is 0 Å². The van der Waals surface area contributed by atoms with Crippen LogP contribution < -0.4 is 9.47 Å². The number of ether oxygens (including phenoxy) is 4. The van der Waals surface area contributed by atoms with Crippen LogP contribution in [0.1, 0.15) is 31.9 Å². The zero-order valence-corrected chi connectivity index (χ0v) is 17.7. The molecule has 2 rings (SSSR count). The molecular weight excluding hydrogens is 368 g/mol. The van der Waals surface area contributed by atoms with Crippen molar-refractivity contribution >= 4 is 5.97 Å². The quantitative estimate of drug-likeness (QED) is 0.316. The number of carbonyl (C=O) groups is 1. The third kappa shape index (κ3) is 6.64. The number of methoxy groups -OCH3 is 1. The van der Waals surface area contributed by atoms with Crippen molar-refractivity contribution in [3.8, 4) is 11.5 Å². The monoisotopic (exact) mass is 398 g/mol. The molecule has 29 heavy (non-hydrogen) atoms. The SMILES string of the molecule is C=C(C)C(=O)OCCOc1ccc(C(C)(C)c2ccc(OCCOC)cc2)cc1. The Morgan fingerprint density at radius 3 is 1.69 bits per heavy atom. The zero-order chi connectivity index (χ0) is 21.3. The maximum absolute atomic E-state index is 11.3. The molecule has 0 saturated carbocycles. The van der Waals surface area contributed by atoms with Crippen molar-refractivity contribution < 1.29 is 23.7 Å². The summed E-state index contributed by atoms with van der Waals surface area (Å²) in [6, 6.07) is 16.1. The standard InChI is InChI=1S/C24H30O5/c1-18(2)23(25)29-17-16-28-22-12-8-20(9-13-22)24(3,4)19-6-10-21(11-7-19)27-15-14-26-5/h6-13H,1,14-17H2,2-5H3. The van der Waals surface area contributed by atoms with Crippen molar-refractivity contribution in [2.45, 2.75) is 26.2 Å². The number of carbonyl (C=O) groups excluding carboxylic acids is 1. The van der Waals surface area contributed by atoms with Gasteiger partial charge in [-0.25, -0.2) is 4.79 Å². The second-order valence-electron chi connectivity index (χ2n) is 7.28. The van der Waals surface area contributed by atoms with E-state index in [9.17, 15) is 4.79 Å². The van der Waals surface area contributed by atoms with Crippen molar-refractivity contribution in [1.29, 1.82) is 0 Å². The molecule has 156 valence electrons. The Balaban J connectivity index is 1.93. The van der Waals surface area contributed by atoms with Crippen LogP contribution in [-0.2, 0) is 19.7 Å². The molecule has 0 amide bonds. The molecule has 0 aromatic heterocycles. The molecule has 0 heterocycles. The Labute approximate surface area is 173 Å². The lowest BCUT2D eigenvalue weighted by Crippen LogP contribution is -2.19. The topological polar surface area (TPSA) is 54.0 Å². The second-order valence-corrected chi connectivity index (χ2v) is 7.28. The van der Waals surface area contributed by atoms with Crippen LogP contribution in [0.2, 0.25) is 0 Å². The van der Waals surface area contributed by atoms with E-state index in [0.29, 0.717) is 25.4 Å². The van der Waals surface area contributed by atoms with Crippen LogP contribution in [0, 0.1) is 0 Å². The fourth-order valence-corrected chi connectivity index (χ4v) is 2.76. The van der Waals surface area contributed by atoms with E-state index in [1.807, 2.05) is 24.3 Å². The molecule has 0 N–H and O–H groups in total. The zero-order valence-electron chi connectivity index (χ0n) is 17.7. The summed E-state index contributed by atoms with van der Waals surface area (Å²) in [5.41, 5.74) is 2.58. The minimum atomic E-state index is -0.402. The fraction of sp³-hybridized carbons (Fsp3) is 0.375. The van der Waals surface area contributed by atoms with E-state index in [1.165, 1.54) is 11.1 Å². The number of hydrogen-bond acceptors (Lipinski definition) is 5. The highest BCUT2D eigenvalue weighted by atomic mass is 16.6. The predicted octanol–water partition coefficient (Wildman–Crippen LogP) is 4.54.